The van der Waals surface area contributed by atoms with E-state index in [9.17, 15) is 0 Å². The summed E-state index contributed by atoms with van der Waals surface area (Å²) in [6, 6.07) is 0. The zero-order chi connectivity index (χ0) is 4.83. The van der Waals surface area contributed by atoms with E-state index in [2.05, 4.69) is 11.9 Å². The van der Waals surface area contributed by atoms with Crippen LogP contribution < -0.4 is 0 Å². The summed E-state index contributed by atoms with van der Waals surface area (Å²) in [6.07, 6.45) is 2.89. The van der Waals surface area contributed by atoms with Gasteiger partial charge in [0.1, 0.15) is 0 Å². The third kappa shape index (κ3) is 4.80. The standard InChI is InChI=1S/C4H9.CH3.Sn/c1-3-4-2;;/h1,3-4H2,2H3;1H3;/q;;+2. The normalized spacial score (nSPS) is 7.67. The van der Waals surface area contributed by atoms with Crippen molar-refractivity contribution in [3.05, 3.63) is 0 Å². The molecule has 0 saturated carbocycles. The third-order valence-electron chi connectivity index (χ3n) is 0.780. The minimum atomic E-state index is 0.190. The molecule has 0 aromatic rings. The van der Waals surface area contributed by atoms with Crippen LogP contribution in [-0.4, -0.2) is 21.1 Å². The molecule has 0 aliphatic rings. The van der Waals surface area contributed by atoms with Crippen LogP contribution in [0.15, 0.2) is 0 Å². The Morgan fingerprint density at radius 3 is 2.33 bits per heavy atom. The molecule has 0 spiro atoms. The predicted molar refractivity (Wildman–Crippen MR) is 31.3 cm³/mol. The summed E-state index contributed by atoms with van der Waals surface area (Å²) in [7, 11) is 0. The van der Waals surface area contributed by atoms with Crippen molar-refractivity contribution in [2.45, 2.75) is 29.1 Å². The SMILES string of the molecule is CCC[CH2][Sn+2][CH3]. The minimum absolute atomic E-state index is 0.190. The van der Waals surface area contributed by atoms with E-state index in [0.29, 0.717) is 0 Å². The van der Waals surface area contributed by atoms with Crippen LogP contribution in [0.5, 0.6) is 0 Å². The number of hydrogen-bond acceptors (Lipinski definition) is 0. The van der Waals surface area contributed by atoms with E-state index in [1.54, 1.807) is 4.44 Å². The summed E-state index contributed by atoms with van der Waals surface area (Å²) in [5, 5.41) is 0. The summed E-state index contributed by atoms with van der Waals surface area (Å²) >= 11 is 0.190. The summed E-state index contributed by atoms with van der Waals surface area (Å²) < 4.78 is 1.58. The van der Waals surface area contributed by atoms with Crippen molar-refractivity contribution >= 4 is 21.1 Å². The third-order valence-corrected chi connectivity index (χ3v) is 3.22. The summed E-state index contributed by atoms with van der Waals surface area (Å²) in [6.45, 7) is 2.26. The molecule has 0 bridgehead atoms. The van der Waals surface area contributed by atoms with Crippen molar-refractivity contribution in [3.8, 4) is 0 Å². The number of rotatable bonds is 3. The number of unbranched alkanes of at least 4 members (excludes halogenated alkanes) is 1. The van der Waals surface area contributed by atoms with Crippen molar-refractivity contribution in [2.24, 2.45) is 0 Å². The Balaban J connectivity index is 2.34. The molecule has 0 fully saturated rings. The van der Waals surface area contributed by atoms with Crippen molar-refractivity contribution in [1.29, 1.82) is 0 Å². The van der Waals surface area contributed by atoms with E-state index in [-0.39, 0.29) is 21.1 Å². The molecule has 0 rings (SSSR count). The second-order valence-corrected chi connectivity index (χ2v) is 4.90. The molecule has 0 aliphatic heterocycles. The Kier molecular flexibility index (Phi) is 6.57. The molecule has 34 valence electrons. The van der Waals surface area contributed by atoms with Crippen LogP contribution in [0.4, 0.5) is 0 Å². The molecule has 0 atom stereocenters. The molecule has 0 N–H and O–H groups in total. The molecule has 1 heteroatoms. The Morgan fingerprint density at radius 1 is 1.50 bits per heavy atom. The van der Waals surface area contributed by atoms with Gasteiger partial charge < -0.3 is 0 Å². The molecule has 0 aromatic carbocycles. The van der Waals surface area contributed by atoms with Crippen LogP contribution >= 0.6 is 0 Å². The van der Waals surface area contributed by atoms with Gasteiger partial charge in [0.15, 0.2) is 0 Å². The van der Waals surface area contributed by atoms with E-state index < -0.39 is 0 Å². The van der Waals surface area contributed by atoms with Gasteiger partial charge in [-0.1, -0.05) is 0 Å². The van der Waals surface area contributed by atoms with Gasteiger partial charge in [-0.25, -0.2) is 0 Å². The number of hydrogen-bond donors (Lipinski definition) is 0. The van der Waals surface area contributed by atoms with Gasteiger partial charge in [-0.05, 0) is 0 Å². The average molecular weight is 191 g/mol. The first-order valence-electron chi connectivity index (χ1n) is 2.56. The molecule has 0 radical (unpaired) electrons. The monoisotopic (exact) mass is 192 g/mol. The molecular weight excluding hydrogens is 179 g/mol. The Bertz CT molecular complexity index is 15.9. The van der Waals surface area contributed by atoms with Crippen LogP contribution in [0.25, 0.3) is 0 Å². The summed E-state index contributed by atoms with van der Waals surface area (Å²) in [4.78, 5) is 2.40. The molecule has 6 heavy (non-hydrogen) atoms. The molecule has 0 nitrogen and oxygen atoms in total. The predicted octanol–water partition coefficient (Wildman–Crippen LogP) is 1.96. The van der Waals surface area contributed by atoms with Crippen LogP contribution in [0.1, 0.15) is 19.8 Å². The van der Waals surface area contributed by atoms with Gasteiger partial charge in [0, 0.05) is 0 Å². The van der Waals surface area contributed by atoms with Gasteiger partial charge in [-0.15, -0.1) is 0 Å². The molecule has 0 amide bonds. The van der Waals surface area contributed by atoms with E-state index in [0.717, 1.165) is 0 Å². The first kappa shape index (κ1) is 6.80. The first-order valence-corrected chi connectivity index (χ1v) is 7.43. The molecular formula is C5H12Sn+2. The van der Waals surface area contributed by atoms with E-state index in [4.69, 9.17) is 0 Å². The zero-order valence-corrected chi connectivity index (χ0v) is 7.48. The molecule has 0 heterocycles. The topological polar surface area (TPSA) is 0 Å². The fraction of sp³-hybridized carbons (Fsp3) is 1.00. The van der Waals surface area contributed by atoms with Gasteiger partial charge in [0.05, 0.1) is 0 Å². The Morgan fingerprint density at radius 2 is 2.17 bits per heavy atom. The maximum atomic E-state index is 2.40. The second-order valence-electron chi connectivity index (χ2n) is 1.46. The van der Waals surface area contributed by atoms with E-state index in [1.807, 2.05) is 0 Å². The van der Waals surface area contributed by atoms with Gasteiger partial charge in [-0.3, -0.25) is 0 Å². The van der Waals surface area contributed by atoms with Crippen LogP contribution in [0, 0.1) is 0 Å². The van der Waals surface area contributed by atoms with Crippen LogP contribution in [0.2, 0.25) is 9.38 Å². The fourth-order valence-electron chi connectivity index (χ4n) is 0.354. The Labute approximate surface area is 50.5 Å². The van der Waals surface area contributed by atoms with Crippen LogP contribution in [0.3, 0.4) is 0 Å². The first-order chi connectivity index (χ1) is 2.91. The second kappa shape index (κ2) is 5.80. The molecule has 0 unspecified atom stereocenters. The maximum absolute atomic E-state index is 2.40. The molecule has 0 aromatic heterocycles. The van der Waals surface area contributed by atoms with Gasteiger partial charge in [0.2, 0.25) is 0 Å². The molecule has 0 aliphatic carbocycles. The van der Waals surface area contributed by atoms with Crippen molar-refractivity contribution in [1.82, 2.24) is 0 Å². The fourth-order valence-corrected chi connectivity index (χ4v) is 2.37. The average Bonchev–Trinajstić information content (AvgIpc) is 1.61. The zero-order valence-electron chi connectivity index (χ0n) is 4.62. The summed E-state index contributed by atoms with van der Waals surface area (Å²) in [5.74, 6) is 0. The van der Waals surface area contributed by atoms with E-state index >= 15 is 0 Å². The van der Waals surface area contributed by atoms with Crippen LogP contribution in [-0.2, 0) is 0 Å². The van der Waals surface area contributed by atoms with Crippen molar-refractivity contribution < 1.29 is 0 Å². The molecule has 0 saturated heterocycles. The van der Waals surface area contributed by atoms with Gasteiger partial charge >= 0.3 is 50.3 Å². The summed E-state index contributed by atoms with van der Waals surface area (Å²) in [5.41, 5.74) is 0. The van der Waals surface area contributed by atoms with Gasteiger partial charge in [-0.2, -0.15) is 0 Å². The quantitative estimate of drug-likeness (QED) is 0.472. The van der Waals surface area contributed by atoms with E-state index in [1.165, 1.54) is 12.8 Å². The van der Waals surface area contributed by atoms with Crippen molar-refractivity contribution in [2.75, 3.05) is 0 Å². The van der Waals surface area contributed by atoms with Crippen molar-refractivity contribution in [3.63, 3.8) is 0 Å². The Hall–Kier alpha value is 0.799. The van der Waals surface area contributed by atoms with Gasteiger partial charge in [0.25, 0.3) is 0 Å².